The molecule has 106 valence electrons. The summed E-state index contributed by atoms with van der Waals surface area (Å²) in [4.78, 5) is -0.304. The first-order valence-electron chi connectivity index (χ1n) is 5.55. The topological polar surface area (TPSA) is 0 Å². The molecule has 0 saturated heterocycles. The molecule has 2 aromatic carbocycles. The molecule has 6 heteroatoms. The highest BCUT2D eigenvalue weighted by Crippen LogP contribution is 2.35. The molecular weight excluding hydrogens is 404 g/mol. The molecule has 2 aromatic rings. The van der Waals surface area contributed by atoms with Crippen molar-refractivity contribution in [3.63, 3.8) is 0 Å². The fourth-order valence-corrected chi connectivity index (χ4v) is 2.69. The monoisotopic (exact) mass is 410 g/mol. The average molecular weight is 412 g/mol. The quantitative estimate of drug-likeness (QED) is 0.414. The molecular formula is C14H8Br2F4. The predicted molar refractivity (Wildman–Crippen MR) is 76.3 cm³/mol. The van der Waals surface area contributed by atoms with Gasteiger partial charge in [-0.2, -0.15) is 13.2 Å². The van der Waals surface area contributed by atoms with E-state index < -0.39 is 11.7 Å². The molecule has 0 spiro atoms. The fraction of sp³-hybridized carbons (Fsp3) is 0.143. The van der Waals surface area contributed by atoms with Gasteiger partial charge in [0.2, 0.25) is 0 Å². The maximum absolute atomic E-state index is 13.2. The Balaban J connectivity index is 2.29. The zero-order valence-electron chi connectivity index (χ0n) is 9.89. The number of hydrogen-bond donors (Lipinski definition) is 0. The summed E-state index contributed by atoms with van der Waals surface area (Å²) in [6.45, 7) is 0. The van der Waals surface area contributed by atoms with Crippen molar-refractivity contribution in [3.8, 4) is 0 Å². The summed E-state index contributed by atoms with van der Waals surface area (Å²) in [7, 11) is 0. The molecule has 0 N–H and O–H groups in total. The Morgan fingerprint density at radius 3 is 1.95 bits per heavy atom. The van der Waals surface area contributed by atoms with Crippen molar-refractivity contribution in [3.05, 3.63) is 69.4 Å². The van der Waals surface area contributed by atoms with E-state index in [4.69, 9.17) is 0 Å². The Hall–Kier alpha value is -0.880. The van der Waals surface area contributed by atoms with Gasteiger partial charge in [0, 0.05) is 0 Å². The van der Waals surface area contributed by atoms with Crippen LogP contribution in [0.3, 0.4) is 0 Å². The van der Waals surface area contributed by atoms with Crippen LogP contribution in [-0.4, -0.2) is 0 Å². The van der Waals surface area contributed by atoms with Crippen LogP contribution in [0.5, 0.6) is 0 Å². The van der Waals surface area contributed by atoms with E-state index in [0.29, 0.717) is 10.0 Å². The Kier molecular flexibility index (Phi) is 4.54. The summed E-state index contributed by atoms with van der Waals surface area (Å²) in [5, 5.41) is 0. The van der Waals surface area contributed by atoms with Gasteiger partial charge in [-0.05, 0) is 51.3 Å². The molecule has 0 amide bonds. The summed E-state index contributed by atoms with van der Waals surface area (Å²) in [5.74, 6) is -0.388. The second-order valence-corrected chi connectivity index (χ2v) is 5.93. The van der Waals surface area contributed by atoms with Crippen molar-refractivity contribution in [2.75, 3.05) is 0 Å². The van der Waals surface area contributed by atoms with E-state index in [2.05, 4.69) is 31.9 Å². The second-order valence-electron chi connectivity index (χ2n) is 4.16. The number of benzene rings is 2. The summed E-state index contributed by atoms with van der Waals surface area (Å²) >= 11 is 6.48. The van der Waals surface area contributed by atoms with Crippen molar-refractivity contribution >= 4 is 31.9 Å². The lowest BCUT2D eigenvalue weighted by atomic mass is 10.0. The molecule has 0 nitrogen and oxygen atoms in total. The zero-order chi connectivity index (χ0) is 14.9. The predicted octanol–water partition coefficient (Wildman–Crippen LogP) is 6.09. The molecule has 0 aromatic heterocycles. The van der Waals surface area contributed by atoms with E-state index in [1.54, 1.807) is 12.1 Å². The van der Waals surface area contributed by atoms with Gasteiger partial charge in [-0.25, -0.2) is 4.39 Å². The van der Waals surface area contributed by atoms with Crippen LogP contribution in [0.2, 0.25) is 0 Å². The van der Waals surface area contributed by atoms with Crippen LogP contribution >= 0.6 is 31.9 Å². The first-order chi connectivity index (χ1) is 9.29. The molecule has 1 atom stereocenters. The largest absolute Gasteiger partial charge is 0.416 e. The van der Waals surface area contributed by atoms with Crippen LogP contribution in [0, 0.1) is 5.82 Å². The Morgan fingerprint density at radius 2 is 1.45 bits per heavy atom. The van der Waals surface area contributed by atoms with Gasteiger partial charge in [-0.3, -0.25) is 0 Å². The summed E-state index contributed by atoms with van der Waals surface area (Å²) < 4.78 is 50.9. The van der Waals surface area contributed by atoms with E-state index >= 15 is 0 Å². The highest BCUT2D eigenvalue weighted by atomic mass is 79.9. The van der Waals surface area contributed by atoms with Gasteiger partial charge in [-0.15, -0.1) is 0 Å². The maximum atomic E-state index is 13.2. The Labute approximate surface area is 130 Å². The number of halogens is 6. The summed E-state index contributed by atoms with van der Waals surface area (Å²) in [6, 6.07) is 9.34. The Morgan fingerprint density at radius 1 is 0.900 bits per heavy atom. The van der Waals surface area contributed by atoms with Gasteiger partial charge in [0.25, 0.3) is 0 Å². The highest BCUT2D eigenvalue weighted by molar-refractivity contribution is 9.10. The number of hydrogen-bond acceptors (Lipinski definition) is 0. The summed E-state index contributed by atoms with van der Waals surface area (Å²) in [6.07, 6.45) is -4.35. The average Bonchev–Trinajstić information content (AvgIpc) is 2.40. The van der Waals surface area contributed by atoms with Gasteiger partial charge < -0.3 is 0 Å². The van der Waals surface area contributed by atoms with Gasteiger partial charge in [-0.1, -0.05) is 34.1 Å². The van der Waals surface area contributed by atoms with Gasteiger partial charge in [0.1, 0.15) is 5.82 Å². The van der Waals surface area contributed by atoms with Crippen LogP contribution in [0.25, 0.3) is 0 Å². The van der Waals surface area contributed by atoms with E-state index in [9.17, 15) is 17.6 Å². The zero-order valence-corrected chi connectivity index (χ0v) is 13.1. The SMILES string of the molecule is Fc1ccc(C(Br)c2ccc(C(F)(F)F)cc2)cc1Br. The third-order valence-electron chi connectivity index (χ3n) is 2.77. The van der Waals surface area contributed by atoms with E-state index in [1.807, 2.05) is 0 Å². The third-order valence-corrected chi connectivity index (χ3v) is 4.43. The molecule has 0 aliphatic rings. The second kappa shape index (κ2) is 5.85. The first kappa shape index (κ1) is 15.5. The van der Waals surface area contributed by atoms with Crippen molar-refractivity contribution < 1.29 is 17.6 Å². The fourth-order valence-electron chi connectivity index (χ4n) is 1.70. The summed E-state index contributed by atoms with van der Waals surface area (Å²) in [5.41, 5.74) is 0.718. The van der Waals surface area contributed by atoms with Crippen LogP contribution in [0.4, 0.5) is 17.6 Å². The van der Waals surface area contributed by atoms with E-state index in [0.717, 1.165) is 17.7 Å². The van der Waals surface area contributed by atoms with Crippen LogP contribution in [0.15, 0.2) is 46.9 Å². The Bertz CT molecular complexity index is 606. The molecule has 0 aliphatic carbocycles. The van der Waals surface area contributed by atoms with E-state index in [-0.39, 0.29) is 10.6 Å². The van der Waals surface area contributed by atoms with Crippen molar-refractivity contribution in [1.29, 1.82) is 0 Å². The standard InChI is InChI=1S/C14H8Br2F4/c15-11-7-9(3-6-12(11)17)13(16)8-1-4-10(5-2-8)14(18,19)20/h1-7,13H. The van der Waals surface area contributed by atoms with Gasteiger partial charge in [0.05, 0.1) is 14.9 Å². The lowest BCUT2D eigenvalue weighted by Gasteiger charge is -2.13. The molecule has 2 rings (SSSR count). The first-order valence-corrected chi connectivity index (χ1v) is 7.26. The molecule has 0 aliphatic heterocycles. The van der Waals surface area contributed by atoms with Crippen LogP contribution in [-0.2, 0) is 6.18 Å². The minimum absolute atomic E-state index is 0.304. The molecule has 0 saturated carbocycles. The van der Waals surface area contributed by atoms with Crippen LogP contribution in [0.1, 0.15) is 21.5 Å². The van der Waals surface area contributed by atoms with E-state index in [1.165, 1.54) is 18.2 Å². The van der Waals surface area contributed by atoms with Crippen molar-refractivity contribution in [1.82, 2.24) is 0 Å². The molecule has 0 heterocycles. The number of rotatable bonds is 2. The lowest BCUT2D eigenvalue weighted by molar-refractivity contribution is -0.137. The smallest absolute Gasteiger partial charge is 0.206 e. The minimum Gasteiger partial charge on any atom is -0.206 e. The minimum atomic E-state index is -4.35. The molecule has 0 bridgehead atoms. The van der Waals surface area contributed by atoms with Gasteiger partial charge >= 0.3 is 6.18 Å². The van der Waals surface area contributed by atoms with Crippen molar-refractivity contribution in [2.45, 2.75) is 11.0 Å². The maximum Gasteiger partial charge on any atom is 0.416 e. The molecule has 0 fully saturated rings. The highest BCUT2D eigenvalue weighted by Gasteiger charge is 2.30. The van der Waals surface area contributed by atoms with Crippen molar-refractivity contribution in [2.24, 2.45) is 0 Å². The van der Waals surface area contributed by atoms with Gasteiger partial charge in [0.15, 0.2) is 0 Å². The van der Waals surface area contributed by atoms with Crippen LogP contribution < -0.4 is 0 Å². The third kappa shape index (κ3) is 3.41. The molecule has 1 unspecified atom stereocenters. The molecule has 0 radical (unpaired) electrons. The number of alkyl halides is 4. The molecule has 20 heavy (non-hydrogen) atoms. The lowest BCUT2D eigenvalue weighted by Crippen LogP contribution is -2.05. The normalized spacial score (nSPS) is 13.3.